The minimum atomic E-state index is -1.17. The maximum atomic E-state index is 14.0. The lowest BCUT2D eigenvalue weighted by atomic mass is 9.89. The van der Waals surface area contributed by atoms with Crippen LogP contribution in [0.1, 0.15) is 92.7 Å². The second-order valence-corrected chi connectivity index (χ2v) is 12.1. The number of fused-ring (bicyclic) bond motifs is 3. The molecule has 1 saturated carbocycles. The van der Waals surface area contributed by atoms with Gasteiger partial charge in [-0.25, -0.2) is 9.78 Å². The van der Waals surface area contributed by atoms with E-state index >= 15 is 0 Å². The highest BCUT2D eigenvalue weighted by molar-refractivity contribution is 5.96. The molecule has 1 amide bonds. The van der Waals surface area contributed by atoms with Crippen molar-refractivity contribution >= 4 is 22.9 Å². The Morgan fingerprint density at radius 3 is 2.15 bits per heavy atom. The van der Waals surface area contributed by atoms with Crippen LogP contribution in [0.5, 0.6) is 0 Å². The molecule has 3 aromatic rings. The number of rotatable bonds is 7. The Balaban J connectivity index is 1.28. The maximum Gasteiger partial charge on any atom is 0.326 e. The molecule has 0 radical (unpaired) electrons. The minimum Gasteiger partial charge on any atom is -0.480 e. The van der Waals surface area contributed by atoms with Crippen LogP contribution in [-0.2, 0) is 11.2 Å². The van der Waals surface area contributed by atoms with Crippen molar-refractivity contribution in [2.45, 2.75) is 107 Å². The number of carbonyl (C=O) groups excluding carboxylic acids is 1. The summed E-state index contributed by atoms with van der Waals surface area (Å²) in [6, 6.07) is 17.0. The number of aliphatic carboxylic acids is 1. The van der Waals surface area contributed by atoms with E-state index in [0.717, 1.165) is 36.8 Å². The largest absolute Gasteiger partial charge is 0.480 e. The van der Waals surface area contributed by atoms with E-state index in [-0.39, 0.29) is 18.2 Å². The number of hydrogen-bond acceptors (Lipinski definition) is 5. The van der Waals surface area contributed by atoms with Gasteiger partial charge < -0.3 is 15.0 Å². The molecule has 1 aromatic heterocycles. The molecule has 0 spiro atoms. The topological polar surface area (TPSA) is 105 Å². The third-order valence-corrected chi connectivity index (χ3v) is 9.52. The van der Waals surface area contributed by atoms with Crippen molar-refractivity contribution in [2.24, 2.45) is 0 Å². The summed E-state index contributed by atoms with van der Waals surface area (Å²) in [6.45, 7) is 0. The molecule has 41 heavy (non-hydrogen) atoms. The number of hydrogen-bond donors (Lipinski definition) is 2. The predicted octanol–water partition coefficient (Wildman–Crippen LogP) is 5.10. The zero-order chi connectivity index (χ0) is 28.3. The summed E-state index contributed by atoms with van der Waals surface area (Å²) in [5, 5.41) is 12.4. The predicted molar refractivity (Wildman–Crippen MR) is 158 cm³/mol. The van der Waals surface area contributed by atoms with Crippen molar-refractivity contribution in [3.63, 3.8) is 0 Å². The van der Waals surface area contributed by atoms with Crippen molar-refractivity contribution in [1.82, 2.24) is 19.8 Å². The van der Waals surface area contributed by atoms with E-state index in [2.05, 4.69) is 15.2 Å². The van der Waals surface area contributed by atoms with Gasteiger partial charge in [0.1, 0.15) is 6.04 Å². The number of amides is 1. The monoisotopic (exact) mass is 556 g/mol. The molecule has 2 N–H and O–H groups in total. The number of benzene rings is 2. The van der Waals surface area contributed by atoms with Gasteiger partial charge in [-0.05, 0) is 56.2 Å². The number of piperidine rings is 1. The van der Waals surface area contributed by atoms with Gasteiger partial charge in [0, 0.05) is 30.6 Å². The van der Waals surface area contributed by atoms with Gasteiger partial charge in [-0.15, -0.1) is 0 Å². The van der Waals surface area contributed by atoms with Gasteiger partial charge in [0.25, 0.3) is 11.5 Å². The summed E-state index contributed by atoms with van der Waals surface area (Å²) in [5.41, 5.74) is 1.42. The molecule has 2 bridgehead atoms. The molecule has 2 aliphatic heterocycles. The summed E-state index contributed by atoms with van der Waals surface area (Å²) >= 11 is 0. The summed E-state index contributed by atoms with van der Waals surface area (Å²) in [6.07, 6.45) is 13.4. The van der Waals surface area contributed by atoms with Crippen LogP contribution in [0.4, 0.5) is 0 Å². The number of carboxylic acid groups (broad SMARTS) is 1. The fraction of sp³-hybridized carbons (Fsp3) is 0.515. The average molecular weight is 557 g/mol. The average Bonchev–Trinajstić information content (AvgIpc) is 3.21. The van der Waals surface area contributed by atoms with Crippen LogP contribution < -0.4 is 10.9 Å². The lowest BCUT2D eigenvalue weighted by Gasteiger charge is -2.45. The highest BCUT2D eigenvalue weighted by Crippen LogP contribution is 2.44. The number of para-hydroxylation sites is 2. The van der Waals surface area contributed by atoms with Gasteiger partial charge in [-0.2, -0.15) is 0 Å². The Labute approximate surface area is 240 Å². The molecule has 2 aromatic carbocycles. The quantitative estimate of drug-likeness (QED) is 0.420. The Hall–Kier alpha value is -3.52. The lowest BCUT2D eigenvalue weighted by molar-refractivity contribution is -0.139. The third kappa shape index (κ3) is 5.80. The Kier molecular flexibility index (Phi) is 8.19. The van der Waals surface area contributed by atoms with E-state index in [1.54, 1.807) is 4.57 Å². The number of aromatic nitrogens is 2. The van der Waals surface area contributed by atoms with Crippen molar-refractivity contribution in [1.29, 1.82) is 0 Å². The maximum absolute atomic E-state index is 14.0. The summed E-state index contributed by atoms with van der Waals surface area (Å²) in [4.78, 5) is 46.8. The highest BCUT2D eigenvalue weighted by Gasteiger charge is 2.44. The normalized spacial score (nSPS) is 24.4. The Bertz CT molecular complexity index is 1430. The molecule has 8 heteroatoms. The Morgan fingerprint density at radius 1 is 0.829 bits per heavy atom. The van der Waals surface area contributed by atoms with Crippen LogP contribution in [-0.4, -0.2) is 55.6 Å². The van der Waals surface area contributed by atoms with Crippen LogP contribution in [0.25, 0.3) is 11.0 Å². The number of carbonyl (C=O) groups is 2. The van der Waals surface area contributed by atoms with Crippen molar-refractivity contribution in [3.05, 3.63) is 76.2 Å². The first-order valence-electron chi connectivity index (χ1n) is 15.4. The van der Waals surface area contributed by atoms with Gasteiger partial charge >= 0.3 is 5.97 Å². The molecule has 2 unspecified atom stereocenters. The molecule has 2 saturated heterocycles. The number of nitrogens with one attached hydrogen (secondary N) is 1. The van der Waals surface area contributed by atoms with E-state index < -0.39 is 23.5 Å². The zero-order valence-corrected chi connectivity index (χ0v) is 23.6. The zero-order valence-electron chi connectivity index (χ0n) is 23.6. The summed E-state index contributed by atoms with van der Waals surface area (Å²) in [5.74, 6) is -1.89. The van der Waals surface area contributed by atoms with Crippen LogP contribution in [0.15, 0.2) is 59.4 Å². The first-order chi connectivity index (χ1) is 20.0. The van der Waals surface area contributed by atoms with Gasteiger partial charge in [-0.3, -0.25) is 14.5 Å². The van der Waals surface area contributed by atoms with Gasteiger partial charge in [-0.1, -0.05) is 74.6 Å². The van der Waals surface area contributed by atoms with E-state index in [1.807, 2.05) is 54.6 Å². The van der Waals surface area contributed by atoms with Gasteiger partial charge in [0.15, 0.2) is 5.69 Å². The van der Waals surface area contributed by atoms with Gasteiger partial charge in [0.2, 0.25) is 0 Å². The van der Waals surface area contributed by atoms with Crippen LogP contribution in [0, 0.1) is 0 Å². The second kappa shape index (κ2) is 12.1. The first kappa shape index (κ1) is 27.6. The van der Waals surface area contributed by atoms with Crippen LogP contribution >= 0.6 is 0 Å². The fourth-order valence-corrected chi connectivity index (χ4v) is 7.67. The van der Waals surface area contributed by atoms with E-state index in [1.165, 1.54) is 44.9 Å². The van der Waals surface area contributed by atoms with Crippen molar-refractivity contribution < 1.29 is 14.7 Å². The number of nitrogens with zero attached hydrogens (tertiary/aromatic N) is 3. The minimum absolute atomic E-state index is 0.0242. The van der Waals surface area contributed by atoms with Crippen molar-refractivity contribution in [3.8, 4) is 0 Å². The SMILES string of the molecule is O=C(NC(Cc1ccccc1)C(=O)O)c1nc2ccccc2n(C2C[C@H]3CC[C@@H](C2)N3C2CCCCCCC2)c1=O. The lowest BCUT2D eigenvalue weighted by Crippen LogP contribution is -2.51. The molecule has 1 aliphatic carbocycles. The van der Waals surface area contributed by atoms with E-state index in [9.17, 15) is 19.5 Å². The molecule has 3 fully saturated rings. The summed E-state index contributed by atoms with van der Waals surface area (Å²) < 4.78 is 1.80. The molecule has 216 valence electrons. The van der Waals surface area contributed by atoms with E-state index in [4.69, 9.17) is 0 Å². The van der Waals surface area contributed by atoms with E-state index in [0.29, 0.717) is 23.6 Å². The number of carboxylic acids is 1. The second-order valence-electron chi connectivity index (χ2n) is 12.1. The fourth-order valence-electron chi connectivity index (χ4n) is 7.67. The van der Waals surface area contributed by atoms with Gasteiger partial charge in [0.05, 0.1) is 11.0 Å². The Morgan fingerprint density at radius 2 is 1.46 bits per heavy atom. The standard InChI is InChI=1S/C33H40N4O4/c38-31(35-28(33(40)41)19-22-11-5-4-6-12-22)30-32(39)37(29-16-10-9-15-27(29)34-30)26-20-24-17-18-25(21-26)36(24)23-13-7-2-1-3-8-14-23/h4-6,9-12,15-16,23-26,28H,1-3,7-8,13-14,17-21H2,(H,35,38)(H,40,41)/t24-,25+,26?,28?. The molecular formula is C33H40N4O4. The van der Waals surface area contributed by atoms with Crippen molar-refractivity contribution in [2.75, 3.05) is 0 Å². The molecule has 3 heterocycles. The van der Waals surface area contributed by atoms with Crippen LogP contribution in [0.2, 0.25) is 0 Å². The molecule has 4 atom stereocenters. The highest BCUT2D eigenvalue weighted by atomic mass is 16.4. The molecular weight excluding hydrogens is 516 g/mol. The first-order valence-corrected chi connectivity index (χ1v) is 15.4. The summed E-state index contributed by atoms with van der Waals surface area (Å²) in [7, 11) is 0. The molecule has 3 aliphatic rings. The smallest absolute Gasteiger partial charge is 0.326 e. The third-order valence-electron chi connectivity index (χ3n) is 9.52. The molecule has 6 rings (SSSR count). The van der Waals surface area contributed by atoms with Crippen LogP contribution in [0.3, 0.4) is 0 Å². The molecule has 8 nitrogen and oxygen atoms in total.